The molecule has 0 saturated carbocycles. The van der Waals surface area contributed by atoms with Gasteiger partial charge < -0.3 is 0 Å². The second-order valence-electron chi connectivity index (χ2n) is 7.45. The van der Waals surface area contributed by atoms with E-state index in [0.29, 0.717) is 0 Å². The zero-order valence-corrected chi connectivity index (χ0v) is 15.1. The van der Waals surface area contributed by atoms with E-state index in [-0.39, 0.29) is 10.8 Å². The van der Waals surface area contributed by atoms with Crippen molar-refractivity contribution in [1.29, 1.82) is 0 Å². The van der Waals surface area contributed by atoms with E-state index in [9.17, 15) is 0 Å². The summed E-state index contributed by atoms with van der Waals surface area (Å²) in [6, 6.07) is 6.77. The molecule has 2 rings (SSSR count). The van der Waals surface area contributed by atoms with Crippen LogP contribution in [0.5, 0.6) is 0 Å². The Morgan fingerprint density at radius 3 is 1.95 bits per heavy atom. The van der Waals surface area contributed by atoms with Crippen molar-refractivity contribution >= 4 is 21.6 Å². The Morgan fingerprint density at radius 1 is 0.950 bits per heavy atom. The highest BCUT2D eigenvalue weighted by Crippen LogP contribution is 2.34. The van der Waals surface area contributed by atoms with Crippen LogP contribution in [0.2, 0.25) is 0 Å². The Kier molecular flexibility index (Phi) is 5.37. The molecule has 0 aliphatic carbocycles. The number of rotatable bonds is 0. The maximum atomic E-state index is 4.63. The number of hydrogen-bond acceptors (Lipinski definition) is 2. The largest absolute Gasteiger partial charge is 0.196 e. The van der Waals surface area contributed by atoms with Gasteiger partial charge in [-0.2, -0.15) is 4.37 Å². The summed E-state index contributed by atoms with van der Waals surface area (Å²) >= 11 is 1.62. The summed E-state index contributed by atoms with van der Waals surface area (Å²) in [6.45, 7) is 17.7. The molecule has 0 unspecified atom stereocenters. The summed E-state index contributed by atoms with van der Waals surface area (Å²) in [4.78, 5) is 0. The second kappa shape index (κ2) is 6.26. The fraction of sp³-hybridized carbons (Fsp3) is 0.611. The summed E-state index contributed by atoms with van der Waals surface area (Å²) in [6.07, 6.45) is 1.25. The van der Waals surface area contributed by atoms with Crippen molar-refractivity contribution < 1.29 is 0 Å². The van der Waals surface area contributed by atoms with Gasteiger partial charge in [-0.05, 0) is 28.6 Å². The molecule has 0 bridgehead atoms. The van der Waals surface area contributed by atoms with Crippen LogP contribution in [0, 0.1) is 0 Å². The molecule has 0 aliphatic rings. The molecule has 0 atom stereocenters. The van der Waals surface area contributed by atoms with Gasteiger partial charge in [-0.1, -0.05) is 73.9 Å². The van der Waals surface area contributed by atoms with Crippen LogP contribution >= 0.6 is 11.5 Å². The SMILES string of the molecule is CC(C)(C)c1ccc2c(C(C)(C)C)nsc2c1.CCC. The molecule has 112 valence electrons. The van der Waals surface area contributed by atoms with E-state index >= 15 is 0 Å². The molecule has 20 heavy (non-hydrogen) atoms. The highest BCUT2D eigenvalue weighted by Gasteiger charge is 2.21. The van der Waals surface area contributed by atoms with Crippen LogP contribution in [0.1, 0.15) is 73.1 Å². The van der Waals surface area contributed by atoms with Crippen LogP contribution in [0.4, 0.5) is 0 Å². The third-order valence-corrected chi connectivity index (χ3v) is 3.86. The summed E-state index contributed by atoms with van der Waals surface area (Å²) < 4.78 is 5.94. The Balaban J connectivity index is 0.000000612. The summed E-state index contributed by atoms with van der Waals surface area (Å²) in [5.41, 5.74) is 2.94. The highest BCUT2D eigenvalue weighted by molar-refractivity contribution is 7.13. The third kappa shape index (κ3) is 4.05. The van der Waals surface area contributed by atoms with E-state index in [0.717, 1.165) is 0 Å². The van der Waals surface area contributed by atoms with Gasteiger partial charge in [0.1, 0.15) is 0 Å². The van der Waals surface area contributed by atoms with Crippen LogP contribution in [0.15, 0.2) is 18.2 Å². The van der Waals surface area contributed by atoms with Gasteiger partial charge in [0.15, 0.2) is 0 Å². The van der Waals surface area contributed by atoms with E-state index in [4.69, 9.17) is 0 Å². The smallest absolute Gasteiger partial charge is 0.0674 e. The van der Waals surface area contributed by atoms with E-state index < -0.39 is 0 Å². The maximum absolute atomic E-state index is 4.63. The fourth-order valence-corrected chi connectivity index (χ4v) is 2.95. The second-order valence-corrected chi connectivity index (χ2v) is 8.25. The van der Waals surface area contributed by atoms with Crippen molar-refractivity contribution in [3.63, 3.8) is 0 Å². The first-order valence-corrected chi connectivity index (χ1v) is 8.29. The predicted octanol–water partition coefficient (Wildman–Crippen LogP) is 6.31. The average molecular weight is 292 g/mol. The van der Waals surface area contributed by atoms with Gasteiger partial charge in [-0.3, -0.25) is 0 Å². The lowest BCUT2D eigenvalue weighted by molar-refractivity contribution is 0.581. The standard InChI is InChI=1S/C15H21NS.C3H8/c1-14(2,3)10-7-8-11-12(9-10)17-16-13(11)15(4,5)6;1-3-2/h7-9H,1-6H3;3H2,1-2H3. The molecule has 2 heteroatoms. The topological polar surface area (TPSA) is 12.9 Å². The summed E-state index contributed by atoms with van der Waals surface area (Å²) in [5.74, 6) is 0. The molecule has 0 amide bonds. The molecule has 0 radical (unpaired) electrons. The maximum Gasteiger partial charge on any atom is 0.0674 e. The highest BCUT2D eigenvalue weighted by atomic mass is 32.1. The van der Waals surface area contributed by atoms with E-state index in [2.05, 4.69) is 78.0 Å². The van der Waals surface area contributed by atoms with Crippen LogP contribution < -0.4 is 0 Å². The molecule has 0 fully saturated rings. The Morgan fingerprint density at radius 2 is 1.50 bits per heavy atom. The summed E-state index contributed by atoms with van der Waals surface area (Å²) in [7, 11) is 0. The Bertz CT molecular complexity index is 553. The van der Waals surface area contributed by atoms with Crippen molar-refractivity contribution in [1.82, 2.24) is 4.37 Å². The molecule has 0 saturated heterocycles. The molecule has 1 heterocycles. The first-order valence-electron chi connectivity index (χ1n) is 7.51. The molecular formula is C18H29NS. The number of fused-ring (bicyclic) bond motifs is 1. The van der Waals surface area contributed by atoms with Crippen LogP contribution in [0.3, 0.4) is 0 Å². The molecule has 0 aliphatic heterocycles. The molecular weight excluding hydrogens is 262 g/mol. The van der Waals surface area contributed by atoms with E-state index in [1.54, 1.807) is 11.5 Å². The number of aromatic nitrogens is 1. The van der Waals surface area contributed by atoms with Gasteiger partial charge in [0.25, 0.3) is 0 Å². The van der Waals surface area contributed by atoms with Gasteiger partial charge in [-0.25, -0.2) is 0 Å². The van der Waals surface area contributed by atoms with Crippen LogP contribution in [0.25, 0.3) is 10.1 Å². The van der Waals surface area contributed by atoms with Gasteiger partial charge in [0, 0.05) is 10.8 Å². The van der Waals surface area contributed by atoms with Crippen LogP contribution in [-0.4, -0.2) is 4.37 Å². The van der Waals surface area contributed by atoms with Gasteiger partial charge in [0.2, 0.25) is 0 Å². The lowest BCUT2D eigenvalue weighted by Gasteiger charge is -2.19. The Labute approximate surface area is 128 Å². The average Bonchev–Trinajstić information content (AvgIpc) is 2.70. The van der Waals surface area contributed by atoms with Gasteiger partial charge in [0.05, 0.1) is 10.4 Å². The minimum absolute atomic E-state index is 0.126. The first-order chi connectivity index (χ1) is 9.11. The quantitative estimate of drug-likeness (QED) is 0.554. The van der Waals surface area contributed by atoms with Crippen molar-refractivity contribution in [3.8, 4) is 0 Å². The zero-order valence-electron chi connectivity index (χ0n) is 14.3. The van der Waals surface area contributed by atoms with Gasteiger partial charge in [-0.15, -0.1) is 0 Å². The molecule has 2 aromatic rings. The van der Waals surface area contributed by atoms with E-state index in [1.165, 1.54) is 27.8 Å². The number of hydrogen-bond donors (Lipinski definition) is 0. The molecule has 1 aromatic carbocycles. The molecule has 0 spiro atoms. The zero-order chi connectivity index (χ0) is 15.6. The van der Waals surface area contributed by atoms with Crippen molar-refractivity contribution in [2.75, 3.05) is 0 Å². The fourth-order valence-electron chi connectivity index (χ4n) is 1.94. The third-order valence-electron chi connectivity index (χ3n) is 3.05. The minimum Gasteiger partial charge on any atom is -0.196 e. The monoisotopic (exact) mass is 291 g/mol. The molecule has 1 aromatic heterocycles. The van der Waals surface area contributed by atoms with Crippen molar-refractivity contribution in [2.24, 2.45) is 0 Å². The lowest BCUT2D eigenvalue weighted by Crippen LogP contribution is -2.12. The Hall–Kier alpha value is -0.890. The molecule has 0 N–H and O–H groups in total. The van der Waals surface area contributed by atoms with Crippen molar-refractivity contribution in [2.45, 2.75) is 72.6 Å². The minimum atomic E-state index is 0.126. The van der Waals surface area contributed by atoms with Crippen LogP contribution in [-0.2, 0) is 10.8 Å². The van der Waals surface area contributed by atoms with Crippen molar-refractivity contribution in [3.05, 3.63) is 29.5 Å². The molecule has 1 nitrogen and oxygen atoms in total. The normalized spacial score (nSPS) is 12.2. The lowest BCUT2D eigenvalue weighted by atomic mass is 9.85. The number of benzene rings is 1. The first kappa shape index (κ1) is 17.2. The van der Waals surface area contributed by atoms with Gasteiger partial charge >= 0.3 is 0 Å². The summed E-state index contributed by atoms with van der Waals surface area (Å²) in [5, 5.41) is 1.32. The van der Waals surface area contributed by atoms with E-state index in [1.807, 2.05) is 0 Å². The number of nitrogens with zero attached hydrogens (tertiary/aromatic N) is 1. The predicted molar refractivity (Wildman–Crippen MR) is 93.0 cm³/mol.